The Bertz CT molecular complexity index is 575. The van der Waals surface area contributed by atoms with Crippen LogP contribution in [0, 0.1) is 0 Å². The van der Waals surface area contributed by atoms with Crippen LogP contribution >= 0.6 is 15.9 Å². The number of rotatable bonds is 4. The first kappa shape index (κ1) is 15.8. The summed E-state index contributed by atoms with van der Waals surface area (Å²) in [5.74, 6) is 0. The van der Waals surface area contributed by atoms with Crippen molar-refractivity contribution in [2.24, 2.45) is 0 Å². The molecule has 0 bridgehead atoms. The van der Waals surface area contributed by atoms with Crippen LogP contribution in [0.5, 0.6) is 0 Å². The van der Waals surface area contributed by atoms with Crippen LogP contribution in [-0.4, -0.2) is 37.0 Å². The summed E-state index contributed by atoms with van der Waals surface area (Å²) < 4.78 is 27.6. The van der Waals surface area contributed by atoms with Crippen molar-refractivity contribution in [3.8, 4) is 0 Å². The van der Waals surface area contributed by atoms with E-state index < -0.39 is 10.0 Å². The summed E-state index contributed by atoms with van der Waals surface area (Å²) >= 11 is 3.28. The number of anilines is 1. The van der Waals surface area contributed by atoms with Gasteiger partial charge in [0.1, 0.15) is 0 Å². The number of nitrogens with two attached hydrogens (primary N) is 1. The van der Waals surface area contributed by atoms with E-state index in [4.69, 9.17) is 10.8 Å². The lowest BCUT2D eigenvalue weighted by molar-refractivity contribution is 0.192. The molecule has 1 aliphatic rings. The van der Waals surface area contributed by atoms with E-state index in [2.05, 4.69) is 15.9 Å². The predicted molar refractivity (Wildman–Crippen MR) is 81.8 cm³/mol. The molecule has 0 spiro atoms. The average molecular weight is 363 g/mol. The number of halogens is 1. The molecule has 1 unspecified atom stereocenters. The summed E-state index contributed by atoms with van der Waals surface area (Å²) in [6, 6.07) is 4.65. The molecule has 1 atom stereocenters. The minimum atomic E-state index is -3.59. The van der Waals surface area contributed by atoms with Crippen molar-refractivity contribution >= 4 is 31.6 Å². The topological polar surface area (TPSA) is 83.6 Å². The highest BCUT2D eigenvalue weighted by molar-refractivity contribution is 9.10. The number of piperidine rings is 1. The third-order valence-electron chi connectivity index (χ3n) is 3.58. The molecule has 1 aromatic carbocycles. The second kappa shape index (κ2) is 6.43. The van der Waals surface area contributed by atoms with Gasteiger partial charge in [-0.3, -0.25) is 0 Å². The third kappa shape index (κ3) is 3.16. The number of aliphatic hydroxyl groups is 1. The van der Waals surface area contributed by atoms with Crippen LogP contribution in [-0.2, 0) is 10.0 Å². The normalized spacial score (nSPS) is 21.0. The Kier molecular flexibility index (Phi) is 5.06. The molecule has 1 saturated heterocycles. The average Bonchev–Trinajstić information content (AvgIpc) is 2.42. The maximum absolute atomic E-state index is 12.8. The van der Waals surface area contributed by atoms with Gasteiger partial charge in [-0.25, -0.2) is 8.42 Å². The van der Waals surface area contributed by atoms with Gasteiger partial charge >= 0.3 is 0 Å². The number of hydrogen-bond acceptors (Lipinski definition) is 4. The lowest BCUT2D eigenvalue weighted by Gasteiger charge is -2.34. The second-order valence-electron chi connectivity index (χ2n) is 4.97. The SMILES string of the molecule is Nc1ccc(Br)c(S(=O)(=O)N2CCCCC2CCO)c1. The lowest BCUT2D eigenvalue weighted by Crippen LogP contribution is -2.44. The molecule has 1 aliphatic heterocycles. The van der Waals surface area contributed by atoms with Crippen molar-refractivity contribution < 1.29 is 13.5 Å². The first-order valence-corrected chi connectivity index (χ1v) is 8.88. The van der Waals surface area contributed by atoms with E-state index in [1.165, 1.54) is 10.4 Å². The lowest BCUT2D eigenvalue weighted by atomic mass is 10.0. The van der Waals surface area contributed by atoms with Gasteiger partial charge in [-0.15, -0.1) is 0 Å². The van der Waals surface area contributed by atoms with Gasteiger partial charge in [-0.1, -0.05) is 6.42 Å². The molecule has 7 heteroatoms. The van der Waals surface area contributed by atoms with Crippen LogP contribution in [0.4, 0.5) is 5.69 Å². The first-order chi connectivity index (χ1) is 9.46. The number of aliphatic hydroxyl groups excluding tert-OH is 1. The van der Waals surface area contributed by atoms with E-state index in [-0.39, 0.29) is 17.5 Å². The first-order valence-electron chi connectivity index (χ1n) is 6.64. The molecule has 0 aliphatic carbocycles. The van der Waals surface area contributed by atoms with Gasteiger partial charge in [-0.05, 0) is 53.4 Å². The van der Waals surface area contributed by atoms with Crippen LogP contribution in [0.25, 0.3) is 0 Å². The zero-order chi connectivity index (χ0) is 14.8. The molecule has 1 aromatic rings. The molecular formula is C13H19BrN2O3S. The van der Waals surface area contributed by atoms with E-state index in [1.807, 2.05) is 0 Å². The van der Waals surface area contributed by atoms with Crippen molar-refractivity contribution in [3.05, 3.63) is 22.7 Å². The zero-order valence-corrected chi connectivity index (χ0v) is 13.5. The fourth-order valence-corrected chi connectivity index (χ4v) is 5.26. The maximum atomic E-state index is 12.8. The van der Waals surface area contributed by atoms with Crippen molar-refractivity contribution in [1.29, 1.82) is 0 Å². The zero-order valence-electron chi connectivity index (χ0n) is 11.1. The molecular weight excluding hydrogens is 344 g/mol. The van der Waals surface area contributed by atoms with Crippen molar-refractivity contribution in [2.75, 3.05) is 18.9 Å². The van der Waals surface area contributed by atoms with Gasteiger partial charge in [0.25, 0.3) is 0 Å². The van der Waals surface area contributed by atoms with Gasteiger partial charge < -0.3 is 10.8 Å². The molecule has 0 radical (unpaired) electrons. The Hall–Kier alpha value is -0.630. The van der Waals surface area contributed by atoms with Crippen LogP contribution in [0.15, 0.2) is 27.6 Å². The molecule has 3 N–H and O–H groups in total. The molecule has 0 saturated carbocycles. The van der Waals surface area contributed by atoms with E-state index in [0.717, 1.165) is 19.3 Å². The Morgan fingerprint density at radius 3 is 2.85 bits per heavy atom. The van der Waals surface area contributed by atoms with Crippen molar-refractivity contribution in [3.63, 3.8) is 0 Å². The summed E-state index contributed by atoms with van der Waals surface area (Å²) in [6.07, 6.45) is 3.11. The Morgan fingerprint density at radius 1 is 1.40 bits per heavy atom. The van der Waals surface area contributed by atoms with Gasteiger partial charge in [0, 0.05) is 29.4 Å². The van der Waals surface area contributed by atoms with E-state index >= 15 is 0 Å². The quantitative estimate of drug-likeness (QED) is 0.801. The third-order valence-corrected chi connectivity index (χ3v) is 6.52. The Morgan fingerprint density at radius 2 is 2.15 bits per heavy atom. The van der Waals surface area contributed by atoms with Crippen LogP contribution < -0.4 is 5.73 Å². The Balaban J connectivity index is 2.39. The monoisotopic (exact) mass is 362 g/mol. The molecule has 1 fully saturated rings. The Labute approximate surface area is 128 Å². The van der Waals surface area contributed by atoms with E-state index in [0.29, 0.717) is 23.1 Å². The molecule has 1 heterocycles. The summed E-state index contributed by atoms with van der Waals surface area (Å²) in [4.78, 5) is 0.197. The summed E-state index contributed by atoms with van der Waals surface area (Å²) in [5, 5.41) is 9.12. The fourth-order valence-electron chi connectivity index (χ4n) is 2.57. The molecule has 2 rings (SSSR count). The largest absolute Gasteiger partial charge is 0.399 e. The highest BCUT2D eigenvalue weighted by Crippen LogP contribution is 2.31. The number of sulfonamides is 1. The molecule has 0 amide bonds. The summed E-state index contributed by atoms with van der Waals surface area (Å²) in [5.41, 5.74) is 6.12. The minimum absolute atomic E-state index is 0.00517. The summed E-state index contributed by atoms with van der Waals surface area (Å²) in [6.45, 7) is 0.489. The maximum Gasteiger partial charge on any atom is 0.244 e. The molecule has 5 nitrogen and oxygen atoms in total. The number of nitrogen functional groups attached to an aromatic ring is 1. The van der Waals surface area contributed by atoms with Gasteiger partial charge in [0.05, 0.1) is 4.90 Å². The number of hydrogen-bond donors (Lipinski definition) is 2. The minimum Gasteiger partial charge on any atom is -0.399 e. The molecule has 20 heavy (non-hydrogen) atoms. The second-order valence-corrected chi connectivity index (χ2v) is 7.68. The van der Waals surface area contributed by atoms with E-state index in [9.17, 15) is 8.42 Å². The predicted octanol–water partition coefficient (Wildman–Crippen LogP) is 1.96. The standard InChI is InChI=1S/C13H19BrN2O3S/c14-12-5-4-10(15)9-13(12)20(18,19)16-7-2-1-3-11(16)6-8-17/h4-5,9,11,17H,1-3,6-8,15H2. The smallest absolute Gasteiger partial charge is 0.244 e. The van der Waals surface area contributed by atoms with Crippen LogP contribution in [0.1, 0.15) is 25.7 Å². The van der Waals surface area contributed by atoms with Gasteiger partial charge in [0.2, 0.25) is 10.0 Å². The number of nitrogens with zero attached hydrogens (tertiary/aromatic N) is 1. The van der Waals surface area contributed by atoms with Gasteiger partial charge in [0.15, 0.2) is 0 Å². The number of benzene rings is 1. The summed E-state index contributed by atoms with van der Waals surface area (Å²) in [7, 11) is -3.59. The van der Waals surface area contributed by atoms with E-state index in [1.54, 1.807) is 12.1 Å². The molecule has 112 valence electrons. The van der Waals surface area contributed by atoms with Crippen LogP contribution in [0.2, 0.25) is 0 Å². The highest BCUT2D eigenvalue weighted by atomic mass is 79.9. The molecule has 0 aromatic heterocycles. The van der Waals surface area contributed by atoms with Crippen molar-refractivity contribution in [1.82, 2.24) is 4.31 Å². The highest BCUT2D eigenvalue weighted by Gasteiger charge is 2.34. The van der Waals surface area contributed by atoms with Crippen molar-refractivity contribution in [2.45, 2.75) is 36.6 Å². The van der Waals surface area contributed by atoms with Gasteiger partial charge in [-0.2, -0.15) is 4.31 Å². The van der Waals surface area contributed by atoms with Crippen LogP contribution in [0.3, 0.4) is 0 Å². The fraction of sp³-hybridized carbons (Fsp3) is 0.538.